The van der Waals surface area contributed by atoms with Gasteiger partial charge in [0.25, 0.3) is 0 Å². The van der Waals surface area contributed by atoms with Crippen LogP contribution in [0.25, 0.3) is 0 Å². The van der Waals surface area contributed by atoms with Gasteiger partial charge in [-0.25, -0.2) is 9.97 Å². The molecule has 0 spiro atoms. The van der Waals surface area contributed by atoms with Gasteiger partial charge in [0.05, 0.1) is 0 Å². The average Bonchev–Trinajstić information content (AvgIpc) is 2.54. The van der Waals surface area contributed by atoms with Crippen LogP contribution in [0.4, 0.5) is 0 Å². The number of aryl methyl sites for hydroxylation is 2. The topological polar surface area (TPSA) is 67.8 Å². The summed E-state index contributed by atoms with van der Waals surface area (Å²) in [6.45, 7) is 4.58. The Kier molecular flexibility index (Phi) is 6.52. The van der Waals surface area contributed by atoms with Crippen molar-refractivity contribution in [3.63, 3.8) is 0 Å². The number of amides is 1. The predicted molar refractivity (Wildman–Crippen MR) is 92.6 cm³/mol. The van der Waals surface area contributed by atoms with Crippen LogP contribution in [-0.4, -0.2) is 33.7 Å². The fourth-order valence-electron chi connectivity index (χ4n) is 2.38. The van der Waals surface area contributed by atoms with Crippen LogP contribution >= 0.6 is 11.8 Å². The van der Waals surface area contributed by atoms with Crippen molar-refractivity contribution in [2.45, 2.75) is 38.3 Å². The lowest BCUT2D eigenvalue weighted by atomic mass is 10.1. The van der Waals surface area contributed by atoms with Gasteiger partial charge in [-0.2, -0.15) is 0 Å². The molecule has 0 aliphatic heterocycles. The van der Waals surface area contributed by atoms with Crippen LogP contribution in [0.3, 0.4) is 0 Å². The monoisotopic (exact) mass is 330 g/mol. The van der Waals surface area contributed by atoms with E-state index in [9.17, 15) is 4.79 Å². The minimum atomic E-state index is 0.0571. The minimum absolute atomic E-state index is 0.0571. The summed E-state index contributed by atoms with van der Waals surface area (Å²) in [7, 11) is 0. The summed E-state index contributed by atoms with van der Waals surface area (Å²) in [5.74, 6) is 0.0571. The molecule has 0 bridgehead atoms. The fraction of sp³-hybridized carbons (Fsp3) is 0.412. The first-order valence-electron chi connectivity index (χ1n) is 7.64. The highest BCUT2D eigenvalue weighted by Gasteiger charge is 2.10. The van der Waals surface area contributed by atoms with Gasteiger partial charge in [0.15, 0.2) is 5.16 Å². The van der Waals surface area contributed by atoms with Gasteiger partial charge in [-0.3, -0.25) is 9.78 Å². The van der Waals surface area contributed by atoms with Gasteiger partial charge in [0, 0.05) is 36.7 Å². The van der Waals surface area contributed by atoms with Crippen molar-refractivity contribution in [1.82, 2.24) is 20.3 Å². The molecule has 5 nitrogen and oxygen atoms in total. The molecule has 0 saturated heterocycles. The van der Waals surface area contributed by atoms with Gasteiger partial charge in [0.2, 0.25) is 5.91 Å². The third kappa shape index (κ3) is 5.32. The lowest BCUT2D eigenvalue weighted by Gasteiger charge is -2.10. The standard InChI is InChI=1S/C17H22N4OS/c1-12-15(13(2)21-17(20-12)23-3)6-7-16(22)19-10-8-14-5-4-9-18-11-14/h4-5,9,11H,6-8,10H2,1-3H3,(H,19,22). The summed E-state index contributed by atoms with van der Waals surface area (Å²) in [5.41, 5.74) is 4.13. The van der Waals surface area contributed by atoms with Crippen LogP contribution in [0.2, 0.25) is 0 Å². The number of carbonyl (C=O) groups is 1. The number of carbonyl (C=O) groups excluding carboxylic acids is 1. The van der Waals surface area contributed by atoms with E-state index in [1.54, 1.807) is 6.20 Å². The number of hydrogen-bond donors (Lipinski definition) is 1. The molecule has 0 unspecified atom stereocenters. The Morgan fingerprint density at radius 1 is 1.22 bits per heavy atom. The summed E-state index contributed by atoms with van der Waals surface area (Å²) in [4.78, 5) is 24.9. The Labute approximate surface area is 141 Å². The van der Waals surface area contributed by atoms with E-state index in [-0.39, 0.29) is 5.91 Å². The average molecular weight is 330 g/mol. The molecule has 0 aliphatic carbocycles. The van der Waals surface area contributed by atoms with Crippen molar-refractivity contribution in [3.05, 3.63) is 47.0 Å². The normalized spacial score (nSPS) is 10.6. The molecule has 1 amide bonds. The molecule has 0 radical (unpaired) electrons. The first-order valence-corrected chi connectivity index (χ1v) is 8.86. The molecule has 1 N–H and O–H groups in total. The van der Waals surface area contributed by atoms with Crippen LogP contribution in [0.1, 0.15) is 28.9 Å². The van der Waals surface area contributed by atoms with E-state index in [4.69, 9.17) is 0 Å². The first kappa shape index (κ1) is 17.4. The third-order valence-corrected chi connectivity index (χ3v) is 4.19. The zero-order valence-electron chi connectivity index (χ0n) is 13.8. The third-order valence-electron chi connectivity index (χ3n) is 3.64. The molecular weight excluding hydrogens is 308 g/mol. The van der Waals surface area contributed by atoms with Crippen molar-refractivity contribution in [3.8, 4) is 0 Å². The summed E-state index contributed by atoms with van der Waals surface area (Å²) in [6.07, 6.45) is 7.45. The molecule has 0 atom stereocenters. The fourth-order valence-corrected chi connectivity index (χ4v) is 2.84. The van der Waals surface area contributed by atoms with Crippen molar-refractivity contribution < 1.29 is 4.79 Å². The number of nitrogens with zero attached hydrogens (tertiary/aromatic N) is 3. The minimum Gasteiger partial charge on any atom is -0.356 e. The number of rotatable bonds is 7. The van der Waals surface area contributed by atoms with Gasteiger partial charge in [-0.15, -0.1) is 0 Å². The van der Waals surface area contributed by atoms with Crippen molar-refractivity contribution in [2.75, 3.05) is 12.8 Å². The van der Waals surface area contributed by atoms with Gasteiger partial charge >= 0.3 is 0 Å². The molecule has 23 heavy (non-hydrogen) atoms. The second-order valence-electron chi connectivity index (χ2n) is 5.32. The van der Waals surface area contributed by atoms with Crippen LogP contribution in [0.5, 0.6) is 0 Å². The van der Waals surface area contributed by atoms with Crippen LogP contribution in [0.15, 0.2) is 29.7 Å². The molecule has 122 valence electrons. The lowest BCUT2D eigenvalue weighted by molar-refractivity contribution is -0.121. The Morgan fingerprint density at radius 2 is 1.96 bits per heavy atom. The van der Waals surface area contributed by atoms with Crippen molar-refractivity contribution >= 4 is 17.7 Å². The Hall–Kier alpha value is -1.95. The zero-order chi connectivity index (χ0) is 16.7. The molecule has 2 heterocycles. The number of thioether (sulfide) groups is 1. The lowest BCUT2D eigenvalue weighted by Crippen LogP contribution is -2.26. The van der Waals surface area contributed by atoms with E-state index in [1.165, 1.54) is 11.8 Å². The summed E-state index contributed by atoms with van der Waals surface area (Å²) in [6, 6.07) is 3.91. The molecule has 2 aromatic rings. The first-order chi connectivity index (χ1) is 11.1. The quantitative estimate of drug-likeness (QED) is 0.624. The molecule has 6 heteroatoms. The van der Waals surface area contributed by atoms with E-state index < -0.39 is 0 Å². The van der Waals surface area contributed by atoms with Crippen LogP contribution < -0.4 is 5.32 Å². The van der Waals surface area contributed by atoms with E-state index in [1.807, 2.05) is 38.4 Å². The van der Waals surface area contributed by atoms with Gasteiger partial charge < -0.3 is 5.32 Å². The Balaban J connectivity index is 1.80. The predicted octanol–water partition coefficient (Wildman–Crippen LogP) is 2.50. The highest BCUT2D eigenvalue weighted by molar-refractivity contribution is 7.98. The molecule has 0 aromatic carbocycles. The van der Waals surface area contributed by atoms with Gasteiger partial charge in [0.1, 0.15) is 0 Å². The van der Waals surface area contributed by atoms with Gasteiger partial charge in [-0.1, -0.05) is 17.8 Å². The smallest absolute Gasteiger partial charge is 0.220 e. The summed E-state index contributed by atoms with van der Waals surface area (Å²) < 4.78 is 0. The zero-order valence-corrected chi connectivity index (χ0v) is 14.6. The maximum atomic E-state index is 12.0. The number of aromatic nitrogens is 3. The summed E-state index contributed by atoms with van der Waals surface area (Å²) in [5, 5.41) is 3.73. The van der Waals surface area contributed by atoms with E-state index in [0.29, 0.717) is 19.4 Å². The number of pyridine rings is 1. The molecule has 2 rings (SSSR count). The molecule has 0 saturated carbocycles. The second-order valence-corrected chi connectivity index (χ2v) is 6.09. The van der Waals surface area contributed by atoms with E-state index in [0.717, 1.165) is 34.1 Å². The van der Waals surface area contributed by atoms with Gasteiger partial charge in [-0.05, 0) is 50.1 Å². The Morgan fingerprint density at radius 3 is 2.57 bits per heavy atom. The number of hydrogen-bond acceptors (Lipinski definition) is 5. The van der Waals surface area contributed by atoms with Crippen molar-refractivity contribution in [1.29, 1.82) is 0 Å². The van der Waals surface area contributed by atoms with E-state index >= 15 is 0 Å². The molecular formula is C17H22N4OS. The maximum Gasteiger partial charge on any atom is 0.220 e. The molecule has 0 aliphatic rings. The molecule has 0 fully saturated rings. The summed E-state index contributed by atoms with van der Waals surface area (Å²) >= 11 is 1.53. The van der Waals surface area contributed by atoms with Crippen molar-refractivity contribution in [2.24, 2.45) is 0 Å². The van der Waals surface area contributed by atoms with Crippen LogP contribution in [-0.2, 0) is 17.6 Å². The van der Waals surface area contributed by atoms with Crippen LogP contribution in [0, 0.1) is 13.8 Å². The largest absolute Gasteiger partial charge is 0.356 e. The number of nitrogens with one attached hydrogen (secondary N) is 1. The molecule has 2 aromatic heterocycles. The SMILES string of the molecule is CSc1nc(C)c(CCC(=O)NCCc2cccnc2)c(C)n1. The second kappa shape index (κ2) is 8.62. The highest BCUT2D eigenvalue weighted by Crippen LogP contribution is 2.17. The maximum absolute atomic E-state index is 12.0. The highest BCUT2D eigenvalue weighted by atomic mass is 32.2. The van der Waals surface area contributed by atoms with E-state index in [2.05, 4.69) is 20.3 Å². The Bertz CT molecular complexity index is 638.